The van der Waals surface area contributed by atoms with Gasteiger partial charge in [0.2, 0.25) is 5.91 Å². The summed E-state index contributed by atoms with van der Waals surface area (Å²) in [6.07, 6.45) is 1.10. The van der Waals surface area contributed by atoms with E-state index in [1.807, 2.05) is 0 Å². The smallest absolute Gasteiger partial charge is 0.406 e. The van der Waals surface area contributed by atoms with E-state index in [9.17, 15) is 22.8 Å². The average Bonchev–Trinajstić information content (AvgIpc) is 2.76. The Morgan fingerprint density at radius 3 is 2.22 bits per heavy atom. The summed E-state index contributed by atoms with van der Waals surface area (Å²) in [6.45, 7) is 0. The first kappa shape index (κ1) is 19.1. The molecule has 0 saturated heterocycles. The molecule has 0 unspecified atom stereocenters. The van der Waals surface area contributed by atoms with Gasteiger partial charge in [-0.25, -0.2) is 4.79 Å². The molecule has 2 amide bonds. The highest BCUT2D eigenvalue weighted by molar-refractivity contribution is 5.99. The van der Waals surface area contributed by atoms with E-state index in [-0.39, 0.29) is 5.52 Å². The van der Waals surface area contributed by atoms with Crippen molar-refractivity contribution in [3.8, 4) is 5.75 Å². The third-order valence-corrected chi connectivity index (χ3v) is 5.19. The van der Waals surface area contributed by atoms with Gasteiger partial charge in [0.1, 0.15) is 5.75 Å². The lowest BCUT2D eigenvalue weighted by Gasteiger charge is -2.29. The zero-order valence-electron chi connectivity index (χ0n) is 14.5. The Labute approximate surface area is 153 Å². The standard InChI is InChI=1S/C18H20F3N3O3/c19-18(20,21)27-11-5-6-12-13(10-24(16(23)26)14(12)9-11)17(15(22)25)7-3-1-2-4-8-17/h5-6,9-10H,1-4,7-8H2,(H2,22,25)(H2,23,26). The molecular formula is C18H20F3N3O3. The highest BCUT2D eigenvalue weighted by atomic mass is 19.4. The topological polar surface area (TPSA) is 100 Å². The maximum Gasteiger partial charge on any atom is 0.573 e. The predicted octanol–water partition coefficient (Wildman–Crippen LogP) is 3.54. The van der Waals surface area contributed by atoms with Crippen LogP contribution in [0.4, 0.5) is 18.0 Å². The van der Waals surface area contributed by atoms with Crippen LogP contribution in [0.2, 0.25) is 0 Å². The summed E-state index contributed by atoms with van der Waals surface area (Å²) in [5, 5.41) is 0.462. The summed E-state index contributed by atoms with van der Waals surface area (Å²) in [7, 11) is 0. The van der Waals surface area contributed by atoms with Crippen molar-refractivity contribution in [3.05, 3.63) is 30.0 Å². The molecule has 1 heterocycles. The van der Waals surface area contributed by atoms with Crippen molar-refractivity contribution in [2.24, 2.45) is 11.5 Å². The van der Waals surface area contributed by atoms with Crippen molar-refractivity contribution >= 4 is 22.8 Å². The number of hydrogen-bond donors (Lipinski definition) is 2. The van der Waals surface area contributed by atoms with Crippen molar-refractivity contribution in [2.45, 2.75) is 50.3 Å². The molecule has 0 radical (unpaired) electrons. The van der Waals surface area contributed by atoms with Crippen molar-refractivity contribution in [2.75, 3.05) is 0 Å². The number of alkyl halides is 3. The summed E-state index contributed by atoms with van der Waals surface area (Å²) < 4.78 is 42.5. The highest BCUT2D eigenvalue weighted by Gasteiger charge is 2.41. The molecule has 0 spiro atoms. The van der Waals surface area contributed by atoms with Crippen LogP contribution in [-0.2, 0) is 10.2 Å². The second kappa shape index (κ2) is 6.79. The number of hydrogen-bond acceptors (Lipinski definition) is 3. The van der Waals surface area contributed by atoms with Gasteiger partial charge in [0.15, 0.2) is 0 Å². The fraction of sp³-hybridized carbons (Fsp3) is 0.444. The summed E-state index contributed by atoms with van der Waals surface area (Å²) in [5.41, 5.74) is 10.8. The summed E-state index contributed by atoms with van der Waals surface area (Å²) in [4.78, 5) is 24.3. The normalized spacial score (nSPS) is 17.4. The largest absolute Gasteiger partial charge is 0.573 e. The fourth-order valence-corrected chi connectivity index (χ4v) is 3.95. The van der Waals surface area contributed by atoms with Crippen molar-refractivity contribution in [1.82, 2.24) is 4.57 Å². The average molecular weight is 383 g/mol. The Kier molecular flexibility index (Phi) is 4.79. The Balaban J connectivity index is 2.21. The number of carbonyl (C=O) groups excluding carboxylic acids is 2. The number of ether oxygens (including phenoxy) is 1. The van der Waals surface area contributed by atoms with E-state index in [1.54, 1.807) is 0 Å². The molecule has 1 fully saturated rings. The van der Waals surface area contributed by atoms with Crippen molar-refractivity contribution in [3.63, 3.8) is 0 Å². The monoisotopic (exact) mass is 383 g/mol. The molecule has 1 aromatic heterocycles. The number of halogens is 3. The molecule has 146 valence electrons. The first-order chi connectivity index (χ1) is 12.6. The molecule has 0 aliphatic heterocycles. The molecule has 4 N–H and O–H groups in total. The number of primary amides is 2. The number of nitrogens with two attached hydrogens (primary N) is 2. The van der Waals surface area contributed by atoms with E-state index in [0.717, 1.165) is 42.4 Å². The molecule has 3 rings (SSSR count). The lowest BCUT2D eigenvalue weighted by atomic mass is 9.73. The van der Waals surface area contributed by atoms with E-state index >= 15 is 0 Å². The number of benzene rings is 1. The Bertz CT molecular complexity index is 881. The van der Waals surface area contributed by atoms with E-state index in [1.165, 1.54) is 12.3 Å². The van der Waals surface area contributed by atoms with Gasteiger partial charge in [0.25, 0.3) is 0 Å². The van der Waals surface area contributed by atoms with Gasteiger partial charge in [-0.05, 0) is 30.5 Å². The molecule has 1 aromatic carbocycles. The Morgan fingerprint density at radius 1 is 1.07 bits per heavy atom. The van der Waals surface area contributed by atoms with Gasteiger partial charge < -0.3 is 16.2 Å². The lowest BCUT2D eigenvalue weighted by molar-refractivity contribution is -0.274. The molecule has 1 aliphatic carbocycles. The third kappa shape index (κ3) is 3.58. The van der Waals surface area contributed by atoms with Gasteiger partial charge in [0.05, 0.1) is 10.9 Å². The second-order valence-corrected chi connectivity index (χ2v) is 6.84. The van der Waals surface area contributed by atoms with Crippen LogP contribution < -0.4 is 16.2 Å². The molecule has 0 bridgehead atoms. The molecule has 27 heavy (non-hydrogen) atoms. The number of rotatable bonds is 3. The maximum atomic E-state index is 12.5. The zero-order chi connectivity index (χ0) is 19.8. The molecule has 0 atom stereocenters. The van der Waals surface area contributed by atoms with Gasteiger partial charge in [-0.2, -0.15) is 0 Å². The van der Waals surface area contributed by atoms with Crippen LogP contribution >= 0.6 is 0 Å². The van der Waals surface area contributed by atoms with Crippen LogP contribution in [0.15, 0.2) is 24.4 Å². The van der Waals surface area contributed by atoms with Crippen LogP contribution in [0.5, 0.6) is 5.75 Å². The number of carbonyl (C=O) groups is 2. The van der Waals surface area contributed by atoms with Crippen molar-refractivity contribution in [1.29, 1.82) is 0 Å². The number of amides is 2. The quantitative estimate of drug-likeness (QED) is 0.793. The number of nitrogens with zero attached hydrogens (tertiary/aromatic N) is 1. The highest BCUT2D eigenvalue weighted by Crippen LogP contribution is 2.43. The molecule has 1 aliphatic rings. The van der Waals surface area contributed by atoms with Crippen molar-refractivity contribution < 1.29 is 27.5 Å². The number of fused-ring (bicyclic) bond motifs is 1. The Hall–Kier alpha value is -2.71. The van der Waals surface area contributed by atoms with Gasteiger partial charge in [-0.3, -0.25) is 9.36 Å². The van der Waals surface area contributed by atoms with Gasteiger partial charge in [0, 0.05) is 17.6 Å². The lowest BCUT2D eigenvalue weighted by Crippen LogP contribution is -2.40. The minimum Gasteiger partial charge on any atom is -0.406 e. The SMILES string of the molecule is NC(=O)n1cc(C2(C(N)=O)CCCCCC2)c2ccc(OC(F)(F)F)cc21. The maximum absolute atomic E-state index is 12.5. The Morgan fingerprint density at radius 2 is 1.70 bits per heavy atom. The van der Waals surface area contributed by atoms with Crippen LogP contribution in [-0.4, -0.2) is 22.9 Å². The van der Waals surface area contributed by atoms with E-state index in [0.29, 0.717) is 23.8 Å². The predicted molar refractivity (Wildman–Crippen MR) is 92.2 cm³/mol. The van der Waals surface area contributed by atoms with Gasteiger partial charge >= 0.3 is 12.4 Å². The minimum absolute atomic E-state index is 0.143. The summed E-state index contributed by atoms with van der Waals surface area (Å²) >= 11 is 0. The first-order valence-corrected chi connectivity index (χ1v) is 8.65. The number of aromatic nitrogens is 1. The second-order valence-electron chi connectivity index (χ2n) is 6.84. The fourth-order valence-electron chi connectivity index (χ4n) is 3.95. The van der Waals surface area contributed by atoms with E-state index < -0.39 is 29.5 Å². The molecule has 9 heteroatoms. The molecule has 2 aromatic rings. The van der Waals surface area contributed by atoms with Crippen LogP contribution in [0.3, 0.4) is 0 Å². The van der Waals surface area contributed by atoms with Gasteiger partial charge in [-0.1, -0.05) is 25.7 Å². The van der Waals surface area contributed by atoms with Crippen LogP contribution in [0, 0.1) is 0 Å². The molecule has 6 nitrogen and oxygen atoms in total. The summed E-state index contributed by atoms with van der Waals surface area (Å²) in [6, 6.07) is 2.77. The van der Waals surface area contributed by atoms with E-state index in [2.05, 4.69) is 4.74 Å². The summed E-state index contributed by atoms with van der Waals surface area (Å²) in [5.74, 6) is -0.986. The minimum atomic E-state index is -4.86. The molecular weight excluding hydrogens is 363 g/mol. The zero-order valence-corrected chi connectivity index (χ0v) is 14.5. The third-order valence-electron chi connectivity index (χ3n) is 5.19. The molecule has 1 saturated carbocycles. The first-order valence-electron chi connectivity index (χ1n) is 8.65. The van der Waals surface area contributed by atoms with Crippen LogP contribution in [0.25, 0.3) is 10.9 Å². The van der Waals surface area contributed by atoms with Gasteiger partial charge in [-0.15, -0.1) is 13.2 Å². The van der Waals surface area contributed by atoms with Crippen LogP contribution in [0.1, 0.15) is 44.1 Å². The van der Waals surface area contributed by atoms with E-state index in [4.69, 9.17) is 11.5 Å².